The van der Waals surface area contributed by atoms with Gasteiger partial charge in [-0.25, -0.2) is 0 Å². The van der Waals surface area contributed by atoms with Crippen LogP contribution in [0.5, 0.6) is 0 Å². The summed E-state index contributed by atoms with van der Waals surface area (Å²) in [5.41, 5.74) is 5.32. The number of carbonyl (C=O) groups excluding carboxylic acids is 2. The molecule has 7 nitrogen and oxygen atoms in total. The maximum atomic E-state index is 12.8. The molecule has 0 saturated carbocycles. The molecule has 1 aromatic carbocycles. The van der Waals surface area contributed by atoms with Crippen LogP contribution in [0, 0.1) is 19.8 Å². The van der Waals surface area contributed by atoms with E-state index in [2.05, 4.69) is 20.3 Å². The first-order chi connectivity index (χ1) is 14.5. The van der Waals surface area contributed by atoms with Gasteiger partial charge in [-0.3, -0.25) is 24.5 Å². The predicted octanol–water partition coefficient (Wildman–Crippen LogP) is 2.82. The maximum absolute atomic E-state index is 12.8. The molecule has 0 unspecified atom stereocenters. The molecule has 1 saturated heterocycles. The van der Waals surface area contributed by atoms with Gasteiger partial charge in [0.15, 0.2) is 0 Å². The summed E-state index contributed by atoms with van der Waals surface area (Å²) in [6, 6.07) is 9.66. The number of hydrogen-bond donors (Lipinski definition) is 1. The lowest BCUT2D eigenvalue weighted by molar-refractivity contribution is -0.126. The average molecular weight is 401 g/mol. The molecule has 7 heteroatoms. The molecule has 3 heterocycles. The first-order valence-electron chi connectivity index (χ1n) is 9.88. The van der Waals surface area contributed by atoms with Crippen LogP contribution in [0.4, 0.5) is 5.69 Å². The van der Waals surface area contributed by atoms with Gasteiger partial charge in [-0.2, -0.15) is 0 Å². The fourth-order valence-electron chi connectivity index (χ4n) is 3.58. The number of aryl methyl sites for hydroxylation is 2. The second-order valence-corrected chi connectivity index (χ2v) is 7.49. The summed E-state index contributed by atoms with van der Waals surface area (Å²) in [6.45, 7) is 4.67. The summed E-state index contributed by atoms with van der Waals surface area (Å²) in [5.74, 6) is -0.580. The van der Waals surface area contributed by atoms with Crippen LogP contribution in [0.3, 0.4) is 0 Å². The summed E-state index contributed by atoms with van der Waals surface area (Å²) in [5, 5.41) is 2.92. The molecule has 4 rings (SSSR count). The molecule has 1 atom stereocenters. The number of nitrogens with zero attached hydrogens (tertiary/aromatic N) is 4. The number of amides is 2. The van der Waals surface area contributed by atoms with E-state index in [1.807, 2.05) is 44.2 Å². The standard InChI is InChI=1S/C23H23N5O2/c1-15-5-6-19(10-16(15)2)28-14-18(11-21(28)29)23(30)27-13-20-22(26-9-8-25-20)17-4-3-7-24-12-17/h3-10,12,18H,11,13-14H2,1-2H3,(H,27,30)/t18-/m1/s1. The third-order valence-electron chi connectivity index (χ3n) is 5.44. The number of carbonyl (C=O) groups is 2. The highest BCUT2D eigenvalue weighted by Gasteiger charge is 2.35. The first-order valence-corrected chi connectivity index (χ1v) is 9.88. The van der Waals surface area contributed by atoms with Gasteiger partial charge in [-0.15, -0.1) is 0 Å². The van der Waals surface area contributed by atoms with Gasteiger partial charge in [-0.05, 0) is 49.2 Å². The van der Waals surface area contributed by atoms with Crippen LogP contribution in [0.15, 0.2) is 55.1 Å². The monoisotopic (exact) mass is 401 g/mol. The van der Waals surface area contributed by atoms with Crippen molar-refractivity contribution >= 4 is 17.5 Å². The molecule has 152 valence electrons. The van der Waals surface area contributed by atoms with Crippen LogP contribution >= 0.6 is 0 Å². The van der Waals surface area contributed by atoms with Crippen LogP contribution in [-0.4, -0.2) is 33.3 Å². The van der Waals surface area contributed by atoms with Crippen molar-refractivity contribution in [2.45, 2.75) is 26.8 Å². The SMILES string of the molecule is Cc1ccc(N2C[C@H](C(=O)NCc3nccnc3-c3cccnc3)CC2=O)cc1C. The van der Waals surface area contributed by atoms with Gasteiger partial charge in [0, 0.05) is 49.0 Å². The molecule has 1 fully saturated rings. The van der Waals surface area contributed by atoms with E-state index in [1.54, 1.807) is 29.7 Å². The minimum Gasteiger partial charge on any atom is -0.350 e. The topological polar surface area (TPSA) is 88.1 Å². The third kappa shape index (κ3) is 4.05. The van der Waals surface area contributed by atoms with Gasteiger partial charge < -0.3 is 10.2 Å². The lowest BCUT2D eigenvalue weighted by Gasteiger charge is -2.18. The number of aromatic nitrogens is 3. The van der Waals surface area contributed by atoms with Crippen molar-refractivity contribution in [3.05, 3.63) is 71.9 Å². The molecular weight excluding hydrogens is 378 g/mol. The summed E-state index contributed by atoms with van der Waals surface area (Å²) < 4.78 is 0. The summed E-state index contributed by atoms with van der Waals surface area (Å²) in [7, 11) is 0. The molecule has 0 spiro atoms. The van der Waals surface area contributed by atoms with Gasteiger partial charge >= 0.3 is 0 Å². The lowest BCUT2D eigenvalue weighted by atomic mass is 10.1. The van der Waals surface area contributed by atoms with Crippen molar-refractivity contribution < 1.29 is 9.59 Å². The van der Waals surface area contributed by atoms with Crippen molar-refractivity contribution in [1.82, 2.24) is 20.3 Å². The Hall–Kier alpha value is -3.61. The van der Waals surface area contributed by atoms with E-state index in [9.17, 15) is 9.59 Å². The molecule has 2 amide bonds. The number of benzene rings is 1. The molecule has 1 aliphatic rings. The normalized spacial score (nSPS) is 16.0. The van der Waals surface area contributed by atoms with Gasteiger partial charge in [-0.1, -0.05) is 6.07 Å². The van der Waals surface area contributed by atoms with Crippen molar-refractivity contribution in [3.8, 4) is 11.3 Å². The van der Waals surface area contributed by atoms with Gasteiger partial charge in [0.1, 0.15) is 0 Å². The average Bonchev–Trinajstić information content (AvgIpc) is 3.16. The molecule has 0 bridgehead atoms. The molecule has 0 radical (unpaired) electrons. The Bertz CT molecular complexity index is 1080. The predicted molar refractivity (Wildman–Crippen MR) is 113 cm³/mol. The van der Waals surface area contributed by atoms with E-state index in [0.717, 1.165) is 16.8 Å². The molecule has 30 heavy (non-hydrogen) atoms. The highest BCUT2D eigenvalue weighted by Crippen LogP contribution is 2.27. The van der Waals surface area contributed by atoms with E-state index < -0.39 is 5.92 Å². The van der Waals surface area contributed by atoms with E-state index in [1.165, 1.54) is 5.56 Å². The lowest BCUT2D eigenvalue weighted by Crippen LogP contribution is -2.33. The maximum Gasteiger partial charge on any atom is 0.227 e. The highest BCUT2D eigenvalue weighted by atomic mass is 16.2. The molecule has 2 aromatic heterocycles. The Morgan fingerprint density at radius 3 is 2.73 bits per heavy atom. The largest absolute Gasteiger partial charge is 0.350 e. The number of anilines is 1. The number of pyridine rings is 1. The number of nitrogens with one attached hydrogen (secondary N) is 1. The van der Waals surface area contributed by atoms with Crippen LogP contribution in [0.2, 0.25) is 0 Å². The van der Waals surface area contributed by atoms with Crippen LogP contribution in [-0.2, 0) is 16.1 Å². The minimum atomic E-state index is -0.391. The first kappa shape index (κ1) is 19.7. The van der Waals surface area contributed by atoms with Crippen LogP contribution in [0.1, 0.15) is 23.2 Å². The zero-order valence-electron chi connectivity index (χ0n) is 17.0. The Kier molecular flexibility index (Phi) is 5.52. The van der Waals surface area contributed by atoms with Crippen molar-refractivity contribution in [2.75, 3.05) is 11.4 Å². The second kappa shape index (κ2) is 8.41. The van der Waals surface area contributed by atoms with Gasteiger partial charge in [0.25, 0.3) is 0 Å². The summed E-state index contributed by atoms with van der Waals surface area (Å²) >= 11 is 0. The number of rotatable bonds is 5. The second-order valence-electron chi connectivity index (χ2n) is 7.49. The van der Waals surface area contributed by atoms with E-state index >= 15 is 0 Å². The molecule has 0 aliphatic carbocycles. The number of hydrogen-bond acceptors (Lipinski definition) is 5. The smallest absolute Gasteiger partial charge is 0.227 e. The van der Waals surface area contributed by atoms with E-state index in [4.69, 9.17) is 0 Å². The summed E-state index contributed by atoms with van der Waals surface area (Å²) in [6.07, 6.45) is 6.83. The molecule has 3 aromatic rings. The molecule has 1 aliphatic heterocycles. The quantitative estimate of drug-likeness (QED) is 0.710. The van der Waals surface area contributed by atoms with Crippen LogP contribution in [0.25, 0.3) is 11.3 Å². The highest BCUT2D eigenvalue weighted by molar-refractivity contribution is 6.00. The Morgan fingerprint density at radius 1 is 1.13 bits per heavy atom. The van der Waals surface area contributed by atoms with E-state index in [-0.39, 0.29) is 24.8 Å². The van der Waals surface area contributed by atoms with Gasteiger partial charge in [0.2, 0.25) is 11.8 Å². The van der Waals surface area contributed by atoms with Crippen molar-refractivity contribution in [2.24, 2.45) is 5.92 Å². The van der Waals surface area contributed by atoms with E-state index in [0.29, 0.717) is 17.9 Å². The fraction of sp³-hybridized carbons (Fsp3) is 0.261. The van der Waals surface area contributed by atoms with Crippen LogP contribution < -0.4 is 10.2 Å². The summed E-state index contributed by atoms with van der Waals surface area (Å²) in [4.78, 5) is 39.8. The van der Waals surface area contributed by atoms with Gasteiger partial charge in [0.05, 0.1) is 23.9 Å². The third-order valence-corrected chi connectivity index (χ3v) is 5.44. The Morgan fingerprint density at radius 2 is 1.97 bits per heavy atom. The Labute approximate surface area is 175 Å². The fourth-order valence-corrected chi connectivity index (χ4v) is 3.58. The Balaban J connectivity index is 1.43. The zero-order valence-corrected chi connectivity index (χ0v) is 17.0. The van der Waals surface area contributed by atoms with Crippen molar-refractivity contribution in [1.29, 1.82) is 0 Å². The minimum absolute atomic E-state index is 0.0334. The molecular formula is C23H23N5O2. The molecule has 1 N–H and O–H groups in total. The zero-order chi connectivity index (χ0) is 21.1. The van der Waals surface area contributed by atoms with Crippen molar-refractivity contribution in [3.63, 3.8) is 0 Å².